The Morgan fingerprint density at radius 2 is 2.20 bits per heavy atom. The fourth-order valence-corrected chi connectivity index (χ4v) is 5.33. The maximum atomic E-state index is 12.6. The fraction of sp³-hybridized carbons (Fsp3) is 0.278. The molecule has 1 fully saturated rings. The first-order valence-electron chi connectivity index (χ1n) is 7.84. The lowest BCUT2D eigenvalue weighted by molar-refractivity contribution is 0.202. The Bertz CT molecular complexity index is 899. The van der Waals surface area contributed by atoms with Crippen LogP contribution in [0.25, 0.3) is 10.4 Å². The second-order valence-corrected chi connectivity index (χ2v) is 9.05. The maximum Gasteiger partial charge on any atom is 0.322 e. The van der Waals surface area contributed by atoms with Crippen molar-refractivity contribution >= 4 is 32.9 Å². The number of nitrogens with one attached hydrogen (secondary N) is 1. The topological polar surface area (TPSA) is 66.5 Å². The van der Waals surface area contributed by atoms with Crippen molar-refractivity contribution in [1.82, 2.24) is 4.90 Å². The first-order valence-corrected chi connectivity index (χ1v) is 10.5. The summed E-state index contributed by atoms with van der Waals surface area (Å²) in [6.07, 6.45) is 5.79. The van der Waals surface area contributed by atoms with Gasteiger partial charge in [-0.1, -0.05) is 24.1 Å². The molecule has 1 atom stereocenters. The minimum atomic E-state index is -3.09. The van der Waals surface area contributed by atoms with Crippen LogP contribution in [0.1, 0.15) is 6.42 Å². The normalized spacial score (nSPS) is 18.4. The number of sulfone groups is 1. The van der Waals surface area contributed by atoms with E-state index in [1.165, 1.54) is 4.90 Å². The summed E-state index contributed by atoms with van der Waals surface area (Å²) in [4.78, 5) is 15.2. The molecule has 0 unspecified atom stereocenters. The molecule has 5 nitrogen and oxygen atoms in total. The van der Waals surface area contributed by atoms with Crippen molar-refractivity contribution in [1.29, 1.82) is 0 Å². The number of hydrogen-bond acceptors (Lipinski definition) is 4. The van der Waals surface area contributed by atoms with E-state index in [4.69, 9.17) is 6.42 Å². The molecule has 7 heteroatoms. The van der Waals surface area contributed by atoms with Gasteiger partial charge in [-0.15, -0.1) is 17.8 Å². The Morgan fingerprint density at radius 3 is 2.84 bits per heavy atom. The highest BCUT2D eigenvalue weighted by Gasteiger charge is 2.34. The molecule has 0 spiro atoms. The predicted octanol–water partition coefficient (Wildman–Crippen LogP) is 3.07. The molecular weight excluding hydrogens is 356 g/mol. The first kappa shape index (κ1) is 17.5. The summed E-state index contributed by atoms with van der Waals surface area (Å²) in [6.45, 7) is 0.0800. The molecule has 3 rings (SSSR count). The molecule has 1 aliphatic rings. The number of rotatable bonds is 4. The molecule has 0 bridgehead atoms. The van der Waals surface area contributed by atoms with Crippen LogP contribution in [0.4, 0.5) is 10.5 Å². The average Bonchev–Trinajstić information content (AvgIpc) is 3.22. The Balaban J connectivity index is 1.76. The zero-order chi connectivity index (χ0) is 17.9. The number of thiophene rings is 1. The molecule has 2 heterocycles. The zero-order valence-corrected chi connectivity index (χ0v) is 15.1. The number of urea groups is 1. The van der Waals surface area contributed by atoms with Crippen molar-refractivity contribution in [3.05, 3.63) is 41.8 Å². The smallest absolute Gasteiger partial charge is 0.309 e. The lowest BCUT2D eigenvalue weighted by atomic mass is 10.1. The summed E-state index contributed by atoms with van der Waals surface area (Å²) in [5.74, 6) is 2.51. The summed E-state index contributed by atoms with van der Waals surface area (Å²) in [5, 5.41) is 4.83. The first-order chi connectivity index (χ1) is 12.0. The van der Waals surface area contributed by atoms with Gasteiger partial charge in [-0.25, -0.2) is 13.2 Å². The fourth-order valence-electron chi connectivity index (χ4n) is 2.87. The van der Waals surface area contributed by atoms with Crippen molar-refractivity contribution < 1.29 is 13.2 Å². The number of anilines is 1. The summed E-state index contributed by atoms with van der Waals surface area (Å²) in [5.41, 5.74) is 1.67. The molecule has 1 aromatic heterocycles. The zero-order valence-electron chi connectivity index (χ0n) is 13.5. The van der Waals surface area contributed by atoms with Crippen LogP contribution in [0.3, 0.4) is 0 Å². The molecule has 2 amide bonds. The van der Waals surface area contributed by atoms with Crippen LogP contribution in [0, 0.1) is 12.3 Å². The minimum absolute atomic E-state index is 0.0304. The molecule has 1 aliphatic heterocycles. The van der Waals surface area contributed by atoms with Crippen LogP contribution in [-0.4, -0.2) is 43.4 Å². The molecule has 0 saturated carbocycles. The van der Waals surface area contributed by atoms with Crippen LogP contribution in [0.2, 0.25) is 0 Å². The van der Waals surface area contributed by atoms with Gasteiger partial charge in [0.1, 0.15) is 0 Å². The third kappa shape index (κ3) is 4.21. The van der Waals surface area contributed by atoms with E-state index in [0.717, 1.165) is 10.4 Å². The summed E-state index contributed by atoms with van der Waals surface area (Å²) >= 11 is 1.62. The monoisotopic (exact) mass is 374 g/mol. The molecule has 0 radical (unpaired) electrons. The van der Waals surface area contributed by atoms with E-state index < -0.39 is 9.84 Å². The number of nitrogens with zero attached hydrogens (tertiary/aromatic N) is 1. The lowest BCUT2D eigenvalue weighted by Gasteiger charge is -2.26. The maximum absolute atomic E-state index is 12.6. The number of terminal acetylenes is 1. The third-order valence-electron chi connectivity index (χ3n) is 4.09. The van der Waals surface area contributed by atoms with Crippen LogP contribution < -0.4 is 5.32 Å². The average molecular weight is 374 g/mol. The molecule has 1 aromatic carbocycles. The number of carbonyl (C=O) groups is 1. The molecule has 2 aromatic rings. The standard InChI is InChI=1S/C18H18N2O3S2/c1-2-9-20(16-8-11-25(22,23)13-16)18(21)19-15-6-3-5-14(12-15)17-7-4-10-24-17/h1,3-7,10,12,16H,8-9,11,13H2,(H,19,21)/t16-/m0/s1. The van der Waals surface area contributed by atoms with Gasteiger partial charge in [0.15, 0.2) is 9.84 Å². The number of hydrogen-bond donors (Lipinski definition) is 1. The van der Waals surface area contributed by atoms with Gasteiger partial charge in [0.05, 0.1) is 18.1 Å². The second kappa shape index (κ2) is 7.30. The molecule has 25 heavy (non-hydrogen) atoms. The van der Waals surface area contributed by atoms with E-state index in [0.29, 0.717) is 12.1 Å². The molecule has 1 saturated heterocycles. The Morgan fingerprint density at radius 1 is 1.36 bits per heavy atom. The van der Waals surface area contributed by atoms with Crippen molar-refractivity contribution in [2.75, 3.05) is 23.4 Å². The molecular formula is C18H18N2O3S2. The van der Waals surface area contributed by atoms with E-state index >= 15 is 0 Å². The minimum Gasteiger partial charge on any atom is -0.309 e. The predicted molar refractivity (Wildman–Crippen MR) is 101 cm³/mol. The van der Waals surface area contributed by atoms with E-state index in [-0.39, 0.29) is 30.1 Å². The van der Waals surface area contributed by atoms with Gasteiger partial charge in [-0.2, -0.15) is 0 Å². The van der Waals surface area contributed by atoms with Crippen molar-refractivity contribution in [3.63, 3.8) is 0 Å². The van der Waals surface area contributed by atoms with Crippen LogP contribution >= 0.6 is 11.3 Å². The second-order valence-electron chi connectivity index (χ2n) is 5.88. The van der Waals surface area contributed by atoms with Gasteiger partial charge < -0.3 is 10.2 Å². The summed E-state index contributed by atoms with van der Waals surface area (Å²) in [6, 6.07) is 10.8. The van der Waals surface area contributed by atoms with E-state index in [1.54, 1.807) is 17.4 Å². The van der Waals surface area contributed by atoms with Gasteiger partial charge in [0.25, 0.3) is 0 Å². The number of carbonyl (C=O) groups excluding carboxylic acids is 1. The highest BCUT2D eigenvalue weighted by Crippen LogP contribution is 2.27. The van der Waals surface area contributed by atoms with E-state index in [1.807, 2.05) is 35.7 Å². The highest BCUT2D eigenvalue weighted by atomic mass is 32.2. The highest BCUT2D eigenvalue weighted by molar-refractivity contribution is 7.91. The van der Waals surface area contributed by atoms with E-state index in [9.17, 15) is 13.2 Å². The van der Waals surface area contributed by atoms with Gasteiger partial charge in [-0.05, 0) is 35.6 Å². The van der Waals surface area contributed by atoms with Crippen LogP contribution in [-0.2, 0) is 9.84 Å². The largest absolute Gasteiger partial charge is 0.322 e. The van der Waals surface area contributed by atoms with Crippen molar-refractivity contribution in [2.45, 2.75) is 12.5 Å². The van der Waals surface area contributed by atoms with Crippen LogP contribution in [0.5, 0.6) is 0 Å². The number of benzene rings is 1. The molecule has 130 valence electrons. The molecule has 0 aliphatic carbocycles. The Labute approximate surface area is 151 Å². The number of amides is 2. The van der Waals surface area contributed by atoms with Gasteiger partial charge >= 0.3 is 6.03 Å². The van der Waals surface area contributed by atoms with Crippen molar-refractivity contribution in [2.24, 2.45) is 0 Å². The van der Waals surface area contributed by atoms with Gasteiger partial charge in [0.2, 0.25) is 0 Å². The third-order valence-corrected chi connectivity index (χ3v) is 6.76. The van der Waals surface area contributed by atoms with E-state index in [2.05, 4.69) is 11.2 Å². The Hall–Kier alpha value is -2.30. The molecule has 1 N–H and O–H groups in total. The van der Waals surface area contributed by atoms with Gasteiger partial charge in [0, 0.05) is 16.6 Å². The Kier molecular flexibility index (Phi) is 5.11. The van der Waals surface area contributed by atoms with Gasteiger partial charge in [-0.3, -0.25) is 0 Å². The SMILES string of the molecule is C#CCN(C(=O)Nc1cccc(-c2cccs2)c1)[C@H]1CCS(=O)(=O)C1. The lowest BCUT2D eigenvalue weighted by Crippen LogP contribution is -2.43. The summed E-state index contributed by atoms with van der Waals surface area (Å²) < 4.78 is 23.4. The van der Waals surface area contributed by atoms with Crippen LogP contribution in [0.15, 0.2) is 41.8 Å². The summed E-state index contributed by atoms with van der Waals surface area (Å²) in [7, 11) is -3.09. The quantitative estimate of drug-likeness (QED) is 0.837. The van der Waals surface area contributed by atoms with Crippen molar-refractivity contribution in [3.8, 4) is 22.8 Å².